The quantitative estimate of drug-likeness (QED) is 0.854. The van der Waals surface area contributed by atoms with Crippen molar-refractivity contribution in [1.82, 2.24) is 4.90 Å². The Kier molecular flexibility index (Phi) is 3.49. The molecule has 1 amide bonds. The minimum absolute atomic E-state index is 0.0618. The van der Waals surface area contributed by atoms with Gasteiger partial charge in [-0.25, -0.2) is 4.79 Å². The average Bonchev–Trinajstić information content (AvgIpc) is 2.71. The molecule has 0 bridgehead atoms. The molecular weight excluding hydrogens is 222 g/mol. The number of nitrogens with zero attached hydrogens (tertiary/aromatic N) is 1. The minimum Gasteiger partial charge on any atom is -0.496 e. The predicted molar refractivity (Wildman–Crippen MR) is 60.9 cm³/mol. The highest BCUT2D eigenvalue weighted by atomic mass is 16.6. The Bertz CT molecular complexity index is 407. The first-order valence-electron chi connectivity index (χ1n) is 5.45. The summed E-state index contributed by atoms with van der Waals surface area (Å²) in [6.07, 6.45) is -0.722. The normalized spacial score (nSPS) is 19.3. The van der Waals surface area contributed by atoms with Gasteiger partial charge in [-0.3, -0.25) is 0 Å². The Labute approximate surface area is 99.6 Å². The Morgan fingerprint density at radius 3 is 3.00 bits per heavy atom. The van der Waals surface area contributed by atoms with E-state index < -0.39 is 6.09 Å². The SMILES string of the molecule is COc1ccccc1C1CN(CCO)C(=O)O1. The van der Waals surface area contributed by atoms with E-state index in [-0.39, 0.29) is 12.7 Å². The number of hydrogen-bond donors (Lipinski definition) is 1. The van der Waals surface area contributed by atoms with E-state index >= 15 is 0 Å². The Hall–Kier alpha value is -1.75. The van der Waals surface area contributed by atoms with E-state index in [4.69, 9.17) is 14.6 Å². The van der Waals surface area contributed by atoms with Crippen LogP contribution in [0.25, 0.3) is 0 Å². The van der Waals surface area contributed by atoms with Gasteiger partial charge in [-0.15, -0.1) is 0 Å². The molecule has 17 heavy (non-hydrogen) atoms. The molecular formula is C12H15NO4. The summed E-state index contributed by atoms with van der Waals surface area (Å²) in [5, 5.41) is 8.83. The van der Waals surface area contributed by atoms with Crippen LogP contribution in [-0.2, 0) is 4.74 Å². The fraction of sp³-hybridized carbons (Fsp3) is 0.417. The lowest BCUT2D eigenvalue weighted by molar-refractivity contribution is 0.129. The zero-order valence-electron chi connectivity index (χ0n) is 9.63. The van der Waals surface area contributed by atoms with Crippen LogP contribution in [0.4, 0.5) is 4.79 Å². The maximum absolute atomic E-state index is 11.5. The van der Waals surface area contributed by atoms with Gasteiger partial charge < -0.3 is 19.5 Å². The number of aliphatic hydroxyl groups is 1. The van der Waals surface area contributed by atoms with Crippen LogP contribution in [0.5, 0.6) is 5.75 Å². The van der Waals surface area contributed by atoms with Crippen molar-refractivity contribution in [2.45, 2.75) is 6.10 Å². The summed E-state index contributed by atoms with van der Waals surface area (Å²) in [5.41, 5.74) is 0.851. The number of ether oxygens (including phenoxy) is 2. The molecule has 1 saturated heterocycles. The van der Waals surface area contributed by atoms with Crippen molar-refractivity contribution in [3.05, 3.63) is 29.8 Å². The van der Waals surface area contributed by atoms with E-state index in [9.17, 15) is 4.79 Å². The van der Waals surface area contributed by atoms with Gasteiger partial charge in [0.15, 0.2) is 0 Å². The monoisotopic (exact) mass is 237 g/mol. The van der Waals surface area contributed by atoms with Crippen molar-refractivity contribution in [2.24, 2.45) is 0 Å². The van der Waals surface area contributed by atoms with Crippen LogP contribution >= 0.6 is 0 Å². The lowest BCUT2D eigenvalue weighted by Gasteiger charge is -2.13. The summed E-state index contributed by atoms with van der Waals surface area (Å²) in [4.78, 5) is 13.0. The Morgan fingerprint density at radius 1 is 1.53 bits per heavy atom. The second kappa shape index (κ2) is 5.05. The molecule has 1 aliphatic heterocycles. The highest BCUT2D eigenvalue weighted by Gasteiger charge is 2.33. The molecule has 1 aromatic carbocycles. The molecule has 0 radical (unpaired) electrons. The maximum atomic E-state index is 11.5. The van der Waals surface area contributed by atoms with E-state index in [1.54, 1.807) is 7.11 Å². The van der Waals surface area contributed by atoms with Crippen LogP contribution < -0.4 is 4.74 Å². The van der Waals surface area contributed by atoms with Crippen molar-refractivity contribution in [3.63, 3.8) is 0 Å². The van der Waals surface area contributed by atoms with Gasteiger partial charge in [0, 0.05) is 12.1 Å². The number of aliphatic hydroxyl groups excluding tert-OH is 1. The largest absolute Gasteiger partial charge is 0.496 e. The molecule has 0 aromatic heterocycles. The predicted octanol–water partition coefficient (Wildman–Crippen LogP) is 1.18. The van der Waals surface area contributed by atoms with Gasteiger partial charge in [-0.1, -0.05) is 18.2 Å². The van der Waals surface area contributed by atoms with Crippen molar-refractivity contribution < 1.29 is 19.4 Å². The molecule has 5 heteroatoms. The fourth-order valence-corrected chi connectivity index (χ4v) is 1.91. The van der Waals surface area contributed by atoms with E-state index in [0.29, 0.717) is 18.8 Å². The second-order valence-corrected chi connectivity index (χ2v) is 3.78. The van der Waals surface area contributed by atoms with E-state index in [2.05, 4.69) is 0 Å². The van der Waals surface area contributed by atoms with Crippen molar-refractivity contribution in [1.29, 1.82) is 0 Å². The Balaban J connectivity index is 2.16. The number of carbonyl (C=O) groups excluding carboxylic acids is 1. The first-order chi connectivity index (χ1) is 8.26. The first-order valence-corrected chi connectivity index (χ1v) is 5.45. The molecule has 92 valence electrons. The minimum atomic E-state index is -0.394. The molecule has 2 rings (SSSR count). The van der Waals surface area contributed by atoms with Crippen LogP contribution in [0.3, 0.4) is 0 Å². The summed E-state index contributed by atoms with van der Waals surface area (Å²) in [5.74, 6) is 0.705. The van der Waals surface area contributed by atoms with Gasteiger partial charge in [-0.2, -0.15) is 0 Å². The topological polar surface area (TPSA) is 59.0 Å². The number of hydrogen-bond acceptors (Lipinski definition) is 4. The molecule has 1 aliphatic rings. The smallest absolute Gasteiger partial charge is 0.410 e. The van der Waals surface area contributed by atoms with Crippen LogP contribution in [0.15, 0.2) is 24.3 Å². The van der Waals surface area contributed by atoms with Gasteiger partial charge in [-0.05, 0) is 6.07 Å². The molecule has 0 aliphatic carbocycles. The maximum Gasteiger partial charge on any atom is 0.410 e. The van der Waals surface area contributed by atoms with Crippen LogP contribution in [0, 0.1) is 0 Å². The third-order valence-electron chi connectivity index (χ3n) is 2.74. The number of methoxy groups -OCH3 is 1. The number of benzene rings is 1. The third kappa shape index (κ3) is 2.34. The summed E-state index contributed by atoms with van der Waals surface area (Å²) in [6.45, 7) is 0.679. The number of cyclic esters (lactones) is 1. The zero-order chi connectivity index (χ0) is 12.3. The van der Waals surface area contributed by atoms with Gasteiger partial charge in [0.1, 0.15) is 11.9 Å². The molecule has 1 N–H and O–H groups in total. The van der Waals surface area contributed by atoms with Gasteiger partial charge in [0.2, 0.25) is 0 Å². The molecule has 1 heterocycles. The van der Waals surface area contributed by atoms with Gasteiger partial charge in [0.05, 0.1) is 20.3 Å². The second-order valence-electron chi connectivity index (χ2n) is 3.78. The molecule has 0 spiro atoms. The summed E-state index contributed by atoms with van der Waals surface area (Å²) < 4.78 is 10.5. The van der Waals surface area contributed by atoms with E-state index in [1.165, 1.54) is 4.90 Å². The number of β-amino-alcohol motifs (C(OH)–C–C–N with tert-alkyl or cyclic N) is 1. The zero-order valence-corrected chi connectivity index (χ0v) is 9.63. The van der Waals surface area contributed by atoms with Crippen molar-refractivity contribution in [2.75, 3.05) is 26.8 Å². The summed E-state index contributed by atoms with van der Waals surface area (Å²) in [7, 11) is 1.58. The standard InChI is InChI=1S/C12H15NO4/c1-16-10-5-3-2-4-9(10)11-8-13(6-7-14)12(15)17-11/h2-5,11,14H,6-8H2,1H3. The van der Waals surface area contributed by atoms with Crippen LogP contribution in [0.1, 0.15) is 11.7 Å². The number of rotatable bonds is 4. The first kappa shape index (κ1) is 11.7. The Morgan fingerprint density at radius 2 is 2.29 bits per heavy atom. The number of amides is 1. The van der Waals surface area contributed by atoms with Gasteiger partial charge in [0.25, 0.3) is 0 Å². The van der Waals surface area contributed by atoms with Crippen molar-refractivity contribution >= 4 is 6.09 Å². The average molecular weight is 237 g/mol. The number of carbonyl (C=O) groups is 1. The molecule has 5 nitrogen and oxygen atoms in total. The third-order valence-corrected chi connectivity index (χ3v) is 2.74. The van der Waals surface area contributed by atoms with Crippen molar-refractivity contribution in [3.8, 4) is 5.75 Å². The summed E-state index contributed by atoms with van der Waals surface area (Å²) in [6, 6.07) is 7.45. The molecule has 1 atom stereocenters. The van der Waals surface area contributed by atoms with Crippen LogP contribution in [0.2, 0.25) is 0 Å². The van der Waals surface area contributed by atoms with E-state index in [1.807, 2.05) is 24.3 Å². The van der Waals surface area contributed by atoms with E-state index in [0.717, 1.165) is 5.56 Å². The highest BCUT2D eigenvalue weighted by Crippen LogP contribution is 2.32. The van der Waals surface area contributed by atoms with Gasteiger partial charge >= 0.3 is 6.09 Å². The molecule has 0 saturated carbocycles. The molecule has 1 unspecified atom stereocenters. The summed E-state index contributed by atoms with van der Waals surface area (Å²) >= 11 is 0. The molecule has 1 fully saturated rings. The lowest BCUT2D eigenvalue weighted by atomic mass is 10.1. The molecule has 1 aromatic rings. The lowest BCUT2D eigenvalue weighted by Crippen LogP contribution is -2.27. The fourth-order valence-electron chi connectivity index (χ4n) is 1.91. The highest BCUT2D eigenvalue weighted by molar-refractivity contribution is 5.70. The van der Waals surface area contributed by atoms with Crippen LogP contribution in [-0.4, -0.2) is 42.9 Å². The number of para-hydroxylation sites is 1.